The van der Waals surface area contributed by atoms with Crippen LogP contribution in [0.2, 0.25) is 0 Å². The Morgan fingerprint density at radius 1 is 1.21 bits per heavy atom. The molecule has 1 atom stereocenters. The zero-order valence-corrected chi connectivity index (χ0v) is 9.09. The van der Waals surface area contributed by atoms with Crippen LogP contribution in [0.25, 0.3) is 0 Å². The highest BCUT2D eigenvalue weighted by Gasteiger charge is 1.95. The maximum absolute atomic E-state index is 3.25. The summed E-state index contributed by atoms with van der Waals surface area (Å²) in [6.07, 6.45) is 2.22. The molecule has 1 unspecified atom stereocenters. The number of hydrogen-bond donors (Lipinski definition) is 2. The summed E-state index contributed by atoms with van der Waals surface area (Å²) in [5.41, 5.74) is 7.87. The van der Waals surface area contributed by atoms with Gasteiger partial charge in [-0.3, -0.25) is 10.9 Å². The predicted molar refractivity (Wildman–Crippen MR) is 61.0 cm³/mol. The van der Waals surface area contributed by atoms with Gasteiger partial charge in [0.15, 0.2) is 0 Å². The fourth-order valence-corrected chi connectivity index (χ4v) is 1.20. The van der Waals surface area contributed by atoms with Gasteiger partial charge < -0.3 is 0 Å². The fraction of sp³-hybridized carbons (Fsp3) is 0.500. The number of hydrogen-bond acceptors (Lipinski definition) is 2. The summed E-state index contributed by atoms with van der Waals surface area (Å²) in [5.74, 6) is 0. The van der Waals surface area contributed by atoms with E-state index in [0.717, 1.165) is 19.4 Å². The van der Waals surface area contributed by atoms with E-state index in [1.54, 1.807) is 0 Å². The lowest BCUT2D eigenvalue weighted by atomic mass is 10.2. The maximum atomic E-state index is 3.25. The molecule has 78 valence electrons. The van der Waals surface area contributed by atoms with Gasteiger partial charge in [-0.1, -0.05) is 37.3 Å². The molecule has 1 aromatic rings. The monoisotopic (exact) mass is 192 g/mol. The van der Waals surface area contributed by atoms with Crippen LogP contribution < -0.4 is 10.9 Å². The van der Waals surface area contributed by atoms with Crippen molar-refractivity contribution in [1.29, 1.82) is 0 Å². The van der Waals surface area contributed by atoms with Gasteiger partial charge in [-0.25, -0.2) is 0 Å². The van der Waals surface area contributed by atoms with Crippen LogP contribution in [-0.2, 0) is 6.42 Å². The lowest BCUT2D eigenvalue weighted by molar-refractivity contribution is 0.444. The molecular weight excluding hydrogens is 172 g/mol. The van der Waals surface area contributed by atoms with Crippen LogP contribution in [0.1, 0.15) is 25.8 Å². The first-order chi connectivity index (χ1) is 6.83. The van der Waals surface area contributed by atoms with E-state index < -0.39 is 0 Å². The second-order valence-corrected chi connectivity index (χ2v) is 3.62. The highest BCUT2D eigenvalue weighted by atomic mass is 15.4. The van der Waals surface area contributed by atoms with Crippen molar-refractivity contribution >= 4 is 0 Å². The molecule has 0 amide bonds. The molecule has 0 spiro atoms. The van der Waals surface area contributed by atoms with Crippen LogP contribution in [0.3, 0.4) is 0 Å². The van der Waals surface area contributed by atoms with Gasteiger partial charge in [0.1, 0.15) is 0 Å². The predicted octanol–water partition coefficient (Wildman–Crippen LogP) is 2.12. The van der Waals surface area contributed by atoms with Gasteiger partial charge in [-0.15, -0.1) is 0 Å². The summed E-state index contributed by atoms with van der Waals surface area (Å²) in [4.78, 5) is 0. The van der Waals surface area contributed by atoms with Gasteiger partial charge >= 0.3 is 0 Å². The Bertz CT molecular complexity index is 233. The summed E-state index contributed by atoms with van der Waals surface area (Å²) in [6.45, 7) is 5.33. The van der Waals surface area contributed by atoms with Crippen molar-refractivity contribution in [2.24, 2.45) is 0 Å². The Balaban J connectivity index is 2.10. The van der Waals surface area contributed by atoms with E-state index >= 15 is 0 Å². The lowest BCUT2D eigenvalue weighted by Crippen LogP contribution is -2.39. The highest BCUT2D eigenvalue weighted by molar-refractivity contribution is 5.14. The summed E-state index contributed by atoms with van der Waals surface area (Å²) in [6, 6.07) is 11.1. The standard InChI is InChI=1S/C12H20N2/c1-3-11(2)14-13-10-9-12-7-5-4-6-8-12/h4-8,11,13-14H,3,9-10H2,1-2H3. The van der Waals surface area contributed by atoms with Crippen molar-refractivity contribution in [3.8, 4) is 0 Å². The van der Waals surface area contributed by atoms with Crippen LogP contribution in [0.5, 0.6) is 0 Å². The fourth-order valence-electron chi connectivity index (χ4n) is 1.20. The number of nitrogens with one attached hydrogen (secondary N) is 2. The van der Waals surface area contributed by atoms with E-state index in [4.69, 9.17) is 0 Å². The number of benzene rings is 1. The first-order valence-corrected chi connectivity index (χ1v) is 5.35. The molecule has 14 heavy (non-hydrogen) atoms. The minimum atomic E-state index is 0.547. The smallest absolute Gasteiger partial charge is 0.0182 e. The Morgan fingerprint density at radius 2 is 1.93 bits per heavy atom. The Labute approximate surface area is 86.7 Å². The molecule has 0 heterocycles. The lowest BCUT2D eigenvalue weighted by Gasteiger charge is -2.12. The van der Waals surface area contributed by atoms with E-state index in [9.17, 15) is 0 Å². The Kier molecular flexibility index (Phi) is 5.27. The molecule has 0 radical (unpaired) electrons. The second-order valence-electron chi connectivity index (χ2n) is 3.62. The topological polar surface area (TPSA) is 24.1 Å². The van der Waals surface area contributed by atoms with Crippen LogP contribution in [0.4, 0.5) is 0 Å². The summed E-state index contributed by atoms with van der Waals surface area (Å²) >= 11 is 0. The minimum Gasteiger partial charge on any atom is -0.257 e. The van der Waals surface area contributed by atoms with Crippen LogP contribution >= 0.6 is 0 Å². The van der Waals surface area contributed by atoms with E-state index in [1.807, 2.05) is 6.07 Å². The van der Waals surface area contributed by atoms with Gasteiger partial charge in [0.05, 0.1) is 0 Å². The SMILES string of the molecule is CCC(C)NNCCc1ccccc1. The van der Waals surface area contributed by atoms with E-state index in [1.165, 1.54) is 5.56 Å². The maximum Gasteiger partial charge on any atom is 0.0182 e. The zero-order valence-electron chi connectivity index (χ0n) is 9.09. The summed E-state index contributed by atoms with van der Waals surface area (Å²) < 4.78 is 0. The molecule has 2 N–H and O–H groups in total. The van der Waals surface area contributed by atoms with Crippen LogP contribution in [-0.4, -0.2) is 12.6 Å². The third-order valence-electron chi connectivity index (χ3n) is 2.34. The average Bonchev–Trinajstić information content (AvgIpc) is 2.25. The van der Waals surface area contributed by atoms with Crippen molar-refractivity contribution in [2.45, 2.75) is 32.7 Å². The van der Waals surface area contributed by atoms with Gasteiger partial charge in [-0.2, -0.15) is 0 Å². The second kappa shape index (κ2) is 6.57. The quantitative estimate of drug-likeness (QED) is 0.533. The van der Waals surface area contributed by atoms with Gasteiger partial charge in [0.25, 0.3) is 0 Å². The van der Waals surface area contributed by atoms with Crippen molar-refractivity contribution < 1.29 is 0 Å². The van der Waals surface area contributed by atoms with Crippen molar-refractivity contribution in [1.82, 2.24) is 10.9 Å². The van der Waals surface area contributed by atoms with Crippen molar-refractivity contribution in [3.05, 3.63) is 35.9 Å². The Morgan fingerprint density at radius 3 is 2.57 bits per heavy atom. The molecule has 0 fully saturated rings. The molecule has 1 aromatic carbocycles. The van der Waals surface area contributed by atoms with Crippen molar-refractivity contribution in [2.75, 3.05) is 6.54 Å². The minimum absolute atomic E-state index is 0.547. The first kappa shape index (κ1) is 11.2. The van der Waals surface area contributed by atoms with Gasteiger partial charge in [0, 0.05) is 12.6 Å². The number of rotatable bonds is 6. The van der Waals surface area contributed by atoms with E-state index in [0.29, 0.717) is 6.04 Å². The molecule has 2 nitrogen and oxygen atoms in total. The van der Waals surface area contributed by atoms with Gasteiger partial charge in [0.2, 0.25) is 0 Å². The number of hydrazine groups is 1. The molecule has 0 bridgehead atoms. The Hall–Kier alpha value is -0.860. The molecular formula is C12H20N2. The molecule has 2 heteroatoms. The first-order valence-electron chi connectivity index (χ1n) is 5.35. The highest BCUT2D eigenvalue weighted by Crippen LogP contribution is 1.97. The molecule has 0 aliphatic carbocycles. The molecule has 0 aliphatic heterocycles. The molecule has 0 saturated heterocycles. The molecule has 1 rings (SSSR count). The average molecular weight is 192 g/mol. The normalized spacial score (nSPS) is 12.7. The zero-order chi connectivity index (χ0) is 10.2. The summed E-state index contributed by atoms with van der Waals surface area (Å²) in [5, 5.41) is 0. The van der Waals surface area contributed by atoms with Crippen LogP contribution in [0, 0.1) is 0 Å². The third-order valence-corrected chi connectivity index (χ3v) is 2.34. The third kappa shape index (κ3) is 4.40. The molecule has 0 saturated carbocycles. The molecule has 0 aromatic heterocycles. The molecule has 0 aliphatic rings. The van der Waals surface area contributed by atoms with Crippen LogP contribution in [0.15, 0.2) is 30.3 Å². The van der Waals surface area contributed by atoms with E-state index in [-0.39, 0.29) is 0 Å². The van der Waals surface area contributed by atoms with Crippen molar-refractivity contribution in [3.63, 3.8) is 0 Å². The van der Waals surface area contributed by atoms with Gasteiger partial charge in [-0.05, 0) is 25.3 Å². The largest absolute Gasteiger partial charge is 0.257 e. The van der Waals surface area contributed by atoms with E-state index in [2.05, 4.69) is 49.0 Å². The summed E-state index contributed by atoms with van der Waals surface area (Å²) in [7, 11) is 0.